The number of nitrogens with one attached hydrogen (secondary N) is 1. The third-order valence-electron chi connectivity index (χ3n) is 4.50. The average molecular weight is 334 g/mol. The second-order valence-corrected chi connectivity index (χ2v) is 7.18. The standard InChI is InChI=1S/C19H30N2O3/c1-13(2)12-24-18-7-5-16(6-8-18)14(3)20-19(23)21-10-9-17(11-21)15(4)22/h5-8,13-15,17,22H,9-12H2,1-4H3,(H,20,23)/t14-,15-,17+/m0/s1. The zero-order valence-corrected chi connectivity index (χ0v) is 15.2. The molecule has 0 unspecified atom stereocenters. The van der Waals surface area contributed by atoms with E-state index in [1.54, 1.807) is 11.8 Å². The van der Waals surface area contributed by atoms with Gasteiger partial charge in [-0.2, -0.15) is 0 Å². The minimum atomic E-state index is -0.362. The summed E-state index contributed by atoms with van der Waals surface area (Å²) in [5.41, 5.74) is 1.05. The second kappa shape index (κ2) is 8.38. The van der Waals surface area contributed by atoms with E-state index in [0.717, 1.165) is 17.7 Å². The lowest BCUT2D eigenvalue weighted by Gasteiger charge is -2.22. The quantitative estimate of drug-likeness (QED) is 0.840. The van der Waals surface area contributed by atoms with Crippen LogP contribution in [0.4, 0.5) is 4.79 Å². The summed E-state index contributed by atoms with van der Waals surface area (Å²) in [6.07, 6.45) is 0.500. The molecule has 0 radical (unpaired) electrons. The molecule has 1 aromatic carbocycles. The van der Waals surface area contributed by atoms with Crippen LogP contribution in [0, 0.1) is 11.8 Å². The number of hydrogen-bond acceptors (Lipinski definition) is 3. The van der Waals surface area contributed by atoms with Crippen LogP contribution < -0.4 is 10.1 Å². The molecule has 0 bridgehead atoms. The molecule has 5 heteroatoms. The fraction of sp³-hybridized carbons (Fsp3) is 0.632. The molecule has 0 aliphatic carbocycles. The van der Waals surface area contributed by atoms with Gasteiger partial charge < -0.3 is 20.1 Å². The fourth-order valence-electron chi connectivity index (χ4n) is 2.84. The number of carbonyl (C=O) groups is 1. The second-order valence-electron chi connectivity index (χ2n) is 7.18. The maximum atomic E-state index is 12.4. The lowest BCUT2D eigenvalue weighted by atomic mass is 10.0. The summed E-state index contributed by atoms with van der Waals surface area (Å²) in [4.78, 5) is 14.1. The van der Waals surface area contributed by atoms with Gasteiger partial charge >= 0.3 is 6.03 Å². The van der Waals surface area contributed by atoms with E-state index < -0.39 is 0 Å². The molecule has 1 aliphatic heterocycles. The predicted molar refractivity (Wildman–Crippen MR) is 95.1 cm³/mol. The Morgan fingerprint density at radius 1 is 1.29 bits per heavy atom. The van der Waals surface area contributed by atoms with E-state index in [-0.39, 0.29) is 24.1 Å². The Hall–Kier alpha value is -1.75. The molecule has 1 aliphatic rings. The van der Waals surface area contributed by atoms with Crippen LogP contribution in [-0.4, -0.2) is 41.8 Å². The molecule has 2 rings (SSSR count). The van der Waals surface area contributed by atoms with Gasteiger partial charge in [0.05, 0.1) is 18.8 Å². The highest BCUT2D eigenvalue weighted by atomic mass is 16.5. The van der Waals surface area contributed by atoms with E-state index >= 15 is 0 Å². The van der Waals surface area contributed by atoms with Crippen molar-refractivity contribution in [1.29, 1.82) is 0 Å². The molecule has 0 saturated carbocycles. The van der Waals surface area contributed by atoms with Gasteiger partial charge in [0.2, 0.25) is 0 Å². The molecule has 3 atom stereocenters. The van der Waals surface area contributed by atoms with Crippen LogP contribution >= 0.6 is 0 Å². The molecule has 0 spiro atoms. The van der Waals surface area contributed by atoms with Gasteiger partial charge in [0, 0.05) is 19.0 Å². The first-order chi connectivity index (χ1) is 11.4. The number of rotatable bonds is 6. The Balaban J connectivity index is 1.85. The van der Waals surface area contributed by atoms with Gasteiger partial charge in [-0.05, 0) is 43.9 Å². The van der Waals surface area contributed by atoms with Crippen molar-refractivity contribution in [3.05, 3.63) is 29.8 Å². The minimum Gasteiger partial charge on any atom is -0.493 e. The highest BCUT2D eigenvalue weighted by Crippen LogP contribution is 2.22. The first-order valence-corrected chi connectivity index (χ1v) is 8.83. The molecule has 2 N–H and O–H groups in total. The van der Waals surface area contributed by atoms with Gasteiger partial charge in [0.1, 0.15) is 5.75 Å². The van der Waals surface area contributed by atoms with Crippen molar-refractivity contribution in [2.45, 2.75) is 46.3 Å². The van der Waals surface area contributed by atoms with Crippen LogP contribution in [0.2, 0.25) is 0 Å². The van der Waals surface area contributed by atoms with Crippen molar-refractivity contribution in [3.8, 4) is 5.75 Å². The average Bonchev–Trinajstić information content (AvgIpc) is 3.03. The summed E-state index contributed by atoms with van der Waals surface area (Å²) in [6.45, 7) is 10.0. The van der Waals surface area contributed by atoms with Crippen molar-refractivity contribution >= 4 is 6.03 Å². The Bertz CT molecular complexity index is 528. The van der Waals surface area contributed by atoms with Gasteiger partial charge in [0.25, 0.3) is 0 Å². The number of nitrogens with zero attached hydrogens (tertiary/aromatic N) is 1. The van der Waals surface area contributed by atoms with Gasteiger partial charge in [-0.15, -0.1) is 0 Å². The van der Waals surface area contributed by atoms with Crippen LogP contribution in [0.15, 0.2) is 24.3 Å². The molecule has 1 heterocycles. The molecule has 1 fully saturated rings. The van der Waals surface area contributed by atoms with Crippen molar-refractivity contribution in [2.24, 2.45) is 11.8 Å². The fourth-order valence-corrected chi connectivity index (χ4v) is 2.84. The van der Waals surface area contributed by atoms with E-state index in [9.17, 15) is 9.90 Å². The third kappa shape index (κ3) is 5.13. The molecule has 1 aromatic rings. The summed E-state index contributed by atoms with van der Waals surface area (Å²) in [5.74, 6) is 1.53. The number of amides is 2. The number of hydrogen-bond donors (Lipinski definition) is 2. The Morgan fingerprint density at radius 2 is 1.96 bits per heavy atom. The van der Waals surface area contributed by atoms with Gasteiger partial charge in [0.15, 0.2) is 0 Å². The SMILES string of the molecule is CC(C)COc1ccc([C@H](C)NC(=O)N2CC[C@@H]([C@H](C)O)C2)cc1. The largest absolute Gasteiger partial charge is 0.493 e. The van der Waals surface area contributed by atoms with E-state index in [2.05, 4.69) is 19.2 Å². The van der Waals surface area contributed by atoms with E-state index in [1.807, 2.05) is 31.2 Å². The Kier molecular flexibility index (Phi) is 6.49. The van der Waals surface area contributed by atoms with Crippen molar-refractivity contribution < 1.29 is 14.6 Å². The number of benzene rings is 1. The molecule has 5 nitrogen and oxygen atoms in total. The van der Waals surface area contributed by atoms with Crippen molar-refractivity contribution in [1.82, 2.24) is 10.2 Å². The number of urea groups is 1. The smallest absolute Gasteiger partial charge is 0.317 e. The highest BCUT2D eigenvalue weighted by Gasteiger charge is 2.29. The lowest BCUT2D eigenvalue weighted by Crippen LogP contribution is -2.40. The molecular weight excluding hydrogens is 304 g/mol. The number of carbonyl (C=O) groups excluding carboxylic acids is 1. The summed E-state index contributed by atoms with van der Waals surface area (Å²) in [7, 11) is 0. The maximum absolute atomic E-state index is 12.4. The summed E-state index contributed by atoms with van der Waals surface area (Å²) < 4.78 is 5.68. The predicted octanol–water partition coefficient (Wildman–Crippen LogP) is 3.19. The molecule has 1 saturated heterocycles. The number of aliphatic hydroxyl groups excluding tert-OH is 1. The van der Waals surface area contributed by atoms with Crippen molar-refractivity contribution in [2.75, 3.05) is 19.7 Å². The zero-order valence-electron chi connectivity index (χ0n) is 15.2. The van der Waals surface area contributed by atoms with Gasteiger partial charge in [-0.25, -0.2) is 4.79 Å². The third-order valence-corrected chi connectivity index (χ3v) is 4.50. The van der Waals surface area contributed by atoms with Crippen LogP contribution in [0.1, 0.15) is 45.7 Å². The van der Waals surface area contributed by atoms with E-state index in [1.165, 1.54) is 0 Å². The summed E-state index contributed by atoms with van der Waals surface area (Å²) in [6, 6.07) is 7.74. The maximum Gasteiger partial charge on any atom is 0.317 e. The number of likely N-dealkylation sites (tertiary alicyclic amines) is 1. The molecular formula is C19H30N2O3. The first kappa shape index (κ1) is 18.6. The van der Waals surface area contributed by atoms with E-state index in [4.69, 9.17) is 4.74 Å². The Morgan fingerprint density at radius 3 is 2.50 bits per heavy atom. The molecule has 0 aromatic heterocycles. The van der Waals surface area contributed by atoms with E-state index in [0.29, 0.717) is 25.6 Å². The van der Waals surface area contributed by atoms with Gasteiger partial charge in [-0.1, -0.05) is 26.0 Å². The summed E-state index contributed by atoms with van der Waals surface area (Å²) in [5, 5.41) is 12.7. The molecule has 2 amide bonds. The van der Waals surface area contributed by atoms with Gasteiger partial charge in [-0.3, -0.25) is 0 Å². The van der Waals surface area contributed by atoms with Crippen molar-refractivity contribution in [3.63, 3.8) is 0 Å². The van der Waals surface area contributed by atoms with Crippen LogP contribution in [0.25, 0.3) is 0 Å². The number of aliphatic hydroxyl groups is 1. The highest BCUT2D eigenvalue weighted by molar-refractivity contribution is 5.75. The Labute approximate surface area is 145 Å². The topological polar surface area (TPSA) is 61.8 Å². The minimum absolute atomic E-state index is 0.0641. The molecule has 134 valence electrons. The van der Waals surface area contributed by atoms with Crippen LogP contribution in [0.3, 0.4) is 0 Å². The zero-order chi connectivity index (χ0) is 17.7. The lowest BCUT2D eigenvalue weighted by molar-refractivity contribution is 0.129. The molecule has 24 heavy (non-hydrogen) atoms. The van der Waals surface area contributed by atoms with Crippen LogP contribution in [0.5, 0.6) is 5.75 Å². The first-order valence-electron chi connectivity index (χ1n) is 8.83. The number of ether oxygens (including phenoxy) is 1. The summed E-state index contributed by atoms with van der Waals surface area (Å²) >= 11 is 0. The monoisotopic (exact) mass is 334 g/mol. The normalized spacial score (nSPS) is 20.1. The van der Waals surface area contributed by atoms with Crippen LogP contribution in [-0.2, 0) is 0 Å².